The summed E-state index contributed by atoms with van der Waals surface area (Å²) >= 11 is 0. The number of carbonyl (C=O) groups is 1. The molecule has 4 heteroatoms. The quantitative estimate of drug-likeness (QED) is 0.695. The molecule has 0 atom stereocenters. The molecule has 1 aromatic heterocycles. The van der Waals surface area contributed by atoms with Crippen LogP contribution in [0.15, 0.2) is 54.7 Å². The first kappa shape index (κ1) is 16.1. The van der Waals surface area contributed by atoms with Gasteiger partial charge in [0.05, 0.1) is 0 Å². The van der Waals surface area contributed by atoms with Crippen molar-refractivity contribution in [3.8, 4) is 5.75 Å². The van der Waals surface area contributed by atoms with Gasteiger partial charge in [-0.2, -0.15) is 0 Å². The van der Waals surface area contributed by atoms with Crippen LogP contribution >= 0.6 is 0 Å². The predicted octanol–water partition coefficient (Wildman–Crippen LogP) is 3.82. The predicted molar refractivity (Wildman–Crippen MR) is 96.1 cm³/mol. The van der Waals surface area contributed by atoms with Gasteiger partial charge in [0.1, 0.15) is 12.4 Å². The average Bonchev–Trinajstić information content (AvgIpc) is 3.03. The van der Waals surface area contributed by atoms with E-state index in [1.54, 1.807) is 0 Å². The highest BCUT2D eigenvalue weighted by Crippen LogP contribution is 2.24. The Morgan fingerprint density at radius 3 is 2.79 bits per heavy atom. The summed E-state index contributed by atoms with van der Waals surface area (Å²) in [4.78, 5) is 14.6. The van der Waals surface area contributed by atoms with Gasteiger partial charge in [-0.25, -0.2) is 0 Å². The van der Waals surface area contributed by atoms with E-state index in [1.807, 2.05) is 43.5 Å². The molecule has 24 heavy (non-hydrogen) atoms. The minimum Gasteiger partial charge on any atom is -0.489 e. The minimum atomic E-state index is 0.0893. The number of aromatic nitrogens is 1. The molecule has 0 spiro atoms. The zero-order valence-corrected chi connectivity index (χ0v) is 13.8. The summed E-state index contributed by atoms with van der Waals surface area (Å²) in [7, 11) is 0. The first-order chi connectivity index (χ1) is 11.8. The van der Waals surface area contributed by atoms with Gasteiger partial charge in [-0.15, -0.1) is 0 Å². The highest BCUT2D eigenvalue weighted by atomic mass is 16.5. The summed E-state index contributed by atoms with van der Waals surface area (Å²) < 4.78 is 5.86. The van der Waals surface area contributed by atoms with Gasteiger partial charge in [0.2, 0.25) is 5.91 Å². The highest BCUT2D eigenvalue weighted by Gasteiger charge is 2.06. The normalized spacial score (nSPS) is 10.7. The first-order valence-corrected chi connectivity index (χ1v) is 8.29. The zero-order valence-electron chi connectivity index (χ0n) is 13.8. The summed E-state index contributed by atoms with van der Waals surface area (Å²) in [6, 6.07) is 16.2. The number of amides is 1. The number of hydrogen-bond donors (Lipinski definition) is 2. The monoisotopic (exact) mass is 322 g/mol. The van der Waals surface area contributed by atoms with Crippen molar-refractivity contribution in [2.45, 2.75) is 26.4 Å². The molecule has 0 saturated carbocycles. The van der Waals surface area contributed by atoms with E-state index < -0.39 is 0 Å². The Hall–Kier alpha value is -2.75. The van der Waals surface area contributed by atoms with E-state index in [9.17, 15) is 4.79 Å². The fourth-order valence-electron chi connectivity index (χ4n) is 2.66. The van der Waals surface area contributed by atoms with E-state index in [0.29, 0.717) is 19.6 Å². The van der Waals surface area contributed by atoms with Gasteiger partial charge in [-0.1, -0.05) is 37.3 Å². The van der Waals surface area contributed by atoms with Crippen molar-refractivity contribution in [2.75, 3.05) is 6.54 Å². The lowest BCUT2D eigenvalue weighted by atomic mass is 10.1. The minimum absolute atomic E-state index is 0.0893. The molecular formula is C20H22N2O2. The van der Waals surface area contributed by atoms with Crippen LogP contribution in [0.5, 0.6) is 5.75 Å². The van der Waals surface area contributed by atoms with Gasteiger partial charge in [0, 0.05) is 36.1 Å². The molecule has 3 aromatic rings. The Labute approximate surface area is 141 Å². The molecule has 1 heterocycles. The second kappa shape index (κ2) is 7.68. The Balaban J connectivity index is 1.63. The van der Waals surface area contributed by atoms with Crippen molar-refractivity contribution in [1.82, 2.24) is 10.3 Å². The molecule has 0 unspecified atom stereocenters. The van der Waals surface area contributed by atoms with Crippen molar-refractivity contribution in [3.05, 3.63) is 65.9 Å². The van der Waals surface area contributed by atoms with Crippen LogP contribution in [0.4, 0.5) is 0 Å². The van der Waals surface area contributed by atoms with E-state index >= 15 is 0 Å². The Bertz CT molecular complexity index is 809. The number of nitrogens with one attached hydrogen (secondary N) is 2. The van der Waals surface area contributed by atoms with Crippen molar-refractivity contribution in [3.63, 3.8) is 0 Å². The van der Waals surface area contributed by atoms with Crippen LogP contribution in [0.25, 0.3) is 10.9 Å². The smallest absolute Gasteiger partial charge is 0.219 e. The maximum Gasteiger partial charge on any atom is 0.219 e. The summed E-state index contributed by atoms with van der Waals surface area (Å²) in [5.41, 5.74) is 3.41. The molecule has 0 aliphatic rings. The molecule has 3 rings (SSSR count). The second-order valence-electron chi connectivity index (χ2n) is 5.75. The maximum atomic E-state index is 11.3. The van der Waals surface area contributed by atoms with Crippen LogP contribution in [0.3, 0.4) is 0 Å². The molecule has 0 bridgehead atoms. The van der Waals surface area contributed by atoms with E-state index in [-0.39, 0.29) is 5.91 Å². The van der Waals surface area contributed by atoms with Crippen LogP contribution in [0.2, 0.25) is 0 Å². The molecule has 0 radical (unpaired) electrons. The summed E-state index contributed by atoms with van der Waals surface area (Å²) in [6.45, 7) is 3.08. The number of carbonyl (C=O) groups excluding carboxylic acids is 1. The molecule has 0 saturated heterocycles. The molecule has 2 aromatic carbocycles. The molecule has 124 valence electrons. The largest absolute Gasteiger partial charge is 0.489 e. The van der Waals surface area contributed by atoms with E-state index in [1.165, 1.54) is 10.9 Å². The number of aromatic amines is 1. The maximum absolute atomic E-state index is 11.3. The van der Waals surface area contributed by atoms with Crippen molar-refractivity contribution >= 4 is 16.8 Å². The zero-order chi connectivity index (χ0) is 16.8. The lowest BCUT2D eigenvalue weighted by molar-refractivity contribution is -0.120. The second-order valence-corrected chi connectivity index (χ2v) is 5.75. The standard InChI is InChI=1S/C20H22N2O2/c1-2-20(23)21-11-10-16-13-22-19-12-17(8-9-18(16)19)24-14-15-6-4-3-5-7-15/h3-9,12-13,22H,2,10-11,14H2,1H3,(H,21,23). The summed E-state index contributed by atoms with van der Waals surface area (Å²) in [6.07, 6.45) is 3.34. The van der Waals surface area contributed by atoms with Crippen LogP contribution in [-0.2, 0) is 17.8 Å². The third-order valence-electron chi connectivity index (χ3n) is 4.02. The highest BCUT2D eigenvalue weighted by molar-refractivity contribution is 5.84. The Kier molecular flexibility index (Phi) is 5.16. The van der Waals surface area contributed by atoms with Gasteiger partial charge in [0.15, 0.2) is 0 Å². The van der Waals surface area contributed by atoms with Crippen LogP contribution in [0.1, 0.15) is 24.5 Å². The third kappa shape index (κ3) is 3.96. The van der Waals surface area contributed by atoms with Gasteiger partial charge in [0.25, 0.3) is 0 Å². The number of ether oxygens (including phenoxy) is 1. The van der Waals surface area contributed by atoms with E-state index in [2.05, 4.69) is 28.5 Å². The van der Waals surface area contributed by atoms with Gasteiger partial charge in [-0.05, 0) is 29.7 Å². The van der Waals surface area contributed by atoms with Crippen molar-refractivity contribution < 1.29 is 9.53 Å². The van der Waals surface area contributed by atoms with Gasteiger partial charge in [-0.3, -0.25) is 4.79 Å². The number of rotatable bonds is 7. The molecular weight excluding hydrogens is 300 g/mol. The van der Waals surface area contributed by atoms with Crippen molar-refractivity contribution in [2.24, 2.45) is 0 Å². The summed E-state index contributed by atoms with van der Waals surface area (Å²) in [5, 5.41) is 4.08. The van der Waals surface area contributed by atoms with Gasteiger partial charge < -0.3 is 15.0 Å². The molecule has 0 aliphatic heterocycles. The number of benzene rings is 2. The van der Waals surface area contributed by atoms with Crippen LogP contribution < -0.4 is 10.1 Å². The Morgan fingerprint density at radius 2 is 2.00 bits per heavy atom. The molecule has 0 aliphatic carbocycles. The molecule has 1 amide bonds. The van der Waals surface area contributed by atoms with Crippen LogP contribution in [0, 0.1) is 0 Å². The molecule has 4 nitrogen and oxygen atoms in total. The molecule has 0 fully saturated rings. The third-order valence-corrected chi connectivity index (χ3v) is 4.02. The van der Waals surface area contributed by atoms with E-state index in [0.717, 1.165) is 23.3 Å². The van der Waals surface area contributed by atoms with Crippen molar-refractivity contribution in [1.29, 1.82) is 0 Å². The first-order valence-electron chi connectivity index (χ1n) is 8.29. The SMILES string of the molecule is CCC(=O)NCCc1c[nH]c2cc(OCc3ccccc3)ccc12. The number of fused-ring (bicyclic) bond motifs is 1. The number of H-pyrrole nitrogens is 1. The number of hydrogen-bond acceptors (Lipinski definition) is 2. The van der Waals surface area contributed by atoms with E-state index in [4.69, 9.17) is 4.74 Å². The average molecular weight is 322 g/mol. The lowest BCUT2D eigenvalue weighted by Gasteiger charge is -2.07. The van der Waals surface area contributed by atoms with Gasteiger partial charge >= 0.3 is 0 Å². The fraction of sp³-hybridized carbons (Fsp3) is 0.250. The topological polar surface area (TPSA) is 54.1 Å². The fourth-order valence-corrected chi connectivity index (χ4v) is 2.66. The Morgan fingerprint density at radius 1 is 1.17 bits per heavy atom. The lowest BCUT2D eigenvalue weighted by Crippen LogP contribution is -2.24. The summed E-state index contributed by atoms with van der Waals surface area (Å²) in [5.74, 6) is 0.936. The molecule has 2 N–H and O–H groups in total. The van der Waals surface area contributed by atoms with Crippen LogP contribution in [-0.4, -0.2) is 17.4 Å².